The fraction of sp³-hybridized carbons (Fsp3) is 0.524. The quantitative estimate of drug-likeness (QED) is 0.833. The van der Waals surface area contributed by atoms with E-state index >= 15 is 0 Å². The number of nitrogens with one attached hydrogen (secondary N) is 1. The Balaban J connectivity index is 1.57. The molecule has 5 heteroatoms. The predicted octanol–water partition coefficient (Wildman–Crippen LogP) is 4.40. The van der Waals surface area contributed by atoms with Crippen LogP contribution in [0.25, 0.3) is 0 Å². The van der Waals surface area contributed by atoms with Crippen molar-refractivity contribution in [2.75, 3.05) is 0 Å². The van der Waals surface area contributed by atoms with E-state index in [9.17, 15) is 9.18 Å². The average Bonchev–Trinajstić information content (AvgIpc) is 3.00. The molecular formula is C21H27FN2O2. The molecule has 0 saturated heterocycles. The molecule has 1 amide bonds. The second-order valence-electron chi connectivity index (χ2n) is 8.38. The molecule has 1 saturated carbocycles. The first-order chi connectivity index (χ1) is 12.3. The van der Waals surface area contributed by atoms with E-state index in [-0.39, 0.29) is 17.4 Å². The molecular weight excluding hydrogens is 331 g/mol. The van der Waals surface area contributed by atoms with Crippen molar-refractivity contribution in [2.24, 2.45) is 17.3 Å². The summed E-state index contributed by atoms with van der Waals surface area (Å²) in [4.78, 5) is 12.4. The lowest BCUT2D eigenvalue weighted by Gasteiger charge is -2.52. The summed E-state index contributed by atoms with van der Waals surface area (Å²) in [6.07, 6.45) is 2.63. The van der Waals surface area contributed by atoms with Gasteiger partial charge in [0.2, 0.25) is 0 Å². The van der Waals surface area contributed by atoms with Crippen molar-refractivity contribution < 1.29 is 13.7 Å². The van der Waals surface area contributed by atoms with Gasteiger partial charge in [0.1, 0.15) is 11.6 Å². The van der Waals surface area contributed by atoms with Gasteiger partial charge in [-0.1, -0.05) is 38.9 Å². The maximum absolute atomic E-state index is 13.3. The van der Waals surface area contributed by atoms with E-state index in [1.165, 1.54) is 12.1 Å². The summed E-state index contributed by atoms with van der Waals surface area (Å²) >= 11 is 0. The third-order valence-electron chi connectivity index (χ3n) is 5.54. The van der Waals surface area contributed by atoms with Crippen LogP contribution in [-0.4, -0.2) is 17.1 Å². The van der Waals surface area contributed by atoms with Crippen LogP contribution in [0.4, 0.5) is 4.39 Å². The molecule has 1 aromatic carbocycles. The van der Waals surface area contributed by atoms with Crippen molar-refractivity contribution in [3.8, 4) is 0 Å². The summed E-state index contributed by atoms with van der Waals surface area (Å²) in [5.74, 6) is 1.28. The minimum Gasteiger partial charge on any atom is -0.361 e. The van der Waals surface area contributed by atoms with Crippen LogP contribution in [0.15, 0.2) is 34.9 Å². The molecule has 1 aliphatic carbocycles. The van der Waals surface area contributed by atoms with Gasteiger partial charge in [0.25, 0.3) is 5.91 Å². The number of amides is 1. The van der Waals surface area contributed by atoms with Gasteiger partial charge in [-0.05, 0) is 48.3 Å². The van der Waals surface area contributed by atoms with Crippen molar-refractivity contribution in [3.05, 3.63) is 53.2 Å². The van der Waals surface area contributed by atoms with E-state index < -0.39 is 5.82 Å². The Labute approximate surface area is 154 Å². The Hall–Kier alpha value is -2.17. The largest absolute Gasteiger partial charge is 0.361 e. The highest BCUT2D eigenvalue weighted by Gasteiger charge is 2.48. The van der Waals surface area contributed by atoms with E-state index in [4.69, 9.17) is 4.52 Å². The van der Waals surface area contributed by atoms with Crippen LogP contribution in [-0.2, 0) is 12.8 Å². The molecule has 140 valence electrons. The predicted molar refractivity (Wildman–Crippen MR) is 98.3 cm³/mol. The van der Waals surface area contributed by atoms with Gasteiger partial charge in [-0.15, -0.1) is 0 Å². The van der Waals surface area contributed by atoms with Crippen molar-refractivity contribution in [3.63, 3.8) is 0 Å². The Morgan fingerprint density at radius 3 is 2.81 bits per heavy atom. The van der Waals surface area contributed by atoms with Gasteiger partial charge in [0.15, 0.2) is 0 Å². The summed E-state index contributed by atoms with van der Waals surface area (Å²) < 4.78 is 18.7. The van der Waals surface area contributed by atoms with Crippen molar-refractivity contribution in [2.45, 2.75) is 53.0 Å². The van der Waals surface area contributed by atoms with Gasteiger partial charge in [0.05, 0.1) is 5.69 Å². The van der Waals surface area contributed by atoms with Crippen LogP contribution in [0.2, 0.25) is 0 Å². The molecule has 0 unspecified atom stereocenters. The molecule has 0 spiro atoms. The molecule has 0 radical (unpaired) electrons. The molecule has 2 aromatic rings. The molecule has 2 atom stereocenters. The molecule has 1 aliphatic rings. The molecule has 1 aromatic heterocycles. The smallest absolute Gasteiger partial charge is 0.251 e. The summed E-state index contributed by atoms with van der Waals surface area (Å²) in [5, 5.41) is 7.24. The second kappa shape index (κ2) is 7.22. The second-order valence-corrected chi connectivity index (χ2v) is 8.38. The molecule has 0 bridgehead atoms. The van der Waals surface area contributed by atoms with Gasteiger partial charge in [0, 0.05) is 24.1 Å². The van der Waals surface area contributed by atoms with Crippen molar-refractivity contribution in [1.82, 2.24) is 10.5 Å². The van der Waals surface area contributed by atoms with Gasteiger partial charge >= 0.3 is 0 Å². The highest BCUT2D eigenvalue weighted by Crippen LogP contribution is 2.47. The zero-order valence-electron chi connectivity index (χ0n) is 15.9. The number of aromatic nitrogens is 1. The van der Waals surface area contributed by atoms with Crippen LogP contribution in [0.5, 0.6) is 0 Å². The Bertz CT molecular complexity index is 782. The molecule has 1 heterocycles. The normalized spacial score (nSPS) is 21.5. The van der Waals surface area contributed by atoms with E-state index in [2.05, 4.69) is 44.2 Å². The van der Waals surface area contributed by atoms with Crippen LogP contribution >= 0.6 is 0 Å². The van der Waals surface area contributed by atoms with Gasteiger partial charge in [-0.25, -0.2) is 4.39 Å². The van der Waals surface area contributed by atoms with Gasteiger partial charge in [-0.2, -0.15) is 0 Å². The van der Waals surface area contributed by atoms with E-state index in [0.29, 0.717) is 17.4 Å². The van der Waals surface area contributed by atoms with Crippen molar-refractivity contribution in [1.29, 1.82) is 0 Å². The van der Waals surface area contributed by atoms with Gasteiger partial charge < -0.3 is 9.84 Å². The number of hydrogen-bond donors (Lipinski definition) is 1. The third-order valence-corrected chi connectivity index (χ3v) is 5.54. The van der Waals surface area contributed by atoms with Crippen LogP contribution in [0.1, 0.15) is 55.9 Å². The fourth-order valence-corrected chi connectivity index (χ4v) is 3.68. The molecule has 0 aliphatic heterocycles. The Morgan fingerprint density at radius 2 is 2.15 bits per heavy atom. The highest BCUT2D eigenvalue weighted by molar-refractivity contribution is 5.94. The lowest BCUT2D eigenvalue weighted by Crippen LogP contribution is -2.58. The Morgan fingerprint density at radius 1 is 1.38 bits per heavy atom. The molecule has 4 nitrogen and oxygen atoms in total. The minimum absolute atomic E-state index is 0.0415. The summed E-state index contributed by atoms with van der Waals surface area (Å²) in [5.41, 5.74) is 1.30. The topological polar surface area (TPSA) is 55.1 Å². The number of carbonyl (C=O) groups is 1. The molecule has 1 N–H and O–H groups in total. The van der Waals surface area contributed by atoms with E-state index in [1.807, 2.05) is 0 Å². The minimum atomic E-state index is -0.397. The summed E-state index contributed by atoms with van der Waals surface area (Å²) in [7, 11) is 0. The number of benzene rings is 1. The lowest BCUT2D eigenvalue weighted by atomic mass is 9.57. The summed E-state index contributed by atoms with van der Waals surface area (Å²) in [6.45, 7) is 8.63. The monoisotopic (exact) mass is 358 g/mol. The standard InChI is InChI=1S/C21H27FN2O2/c1-13(2)8-18-12-17(24-26-18)10-15-11-19(21(15,3)4)23-20(25)14-6-5-7-16(22)9-14/h5-7,9,12-13,15,19H,8,10-11H2,1-4H3,(H,23,25)/t15-,19+/m1/s1. The first kappa shape index (κ1) is 18.6. The maximum atomic E-state index is 13.3. The zero-order valence-corrected chi connectivity index (χ0v) is 15.9. The number of rotatable bonds is 6. The average molecular weight is 358 g/mol. The zero-order chi connectivity index (χ0) is 18.9. The van der Waals surface area contributed by atoms with E-state index in [0.717, 1.165) is 30.7 Å². The molecule has 1 fully saturated rings. The lowest BCUT2D eigenvalue weighted by molar-refractivity contribution is 0.0138. The first-order valence-corrected chi connectivity index (χ1v) is 9.26. The number of halogens is 1. The van der Waals surface area contributed by atoms with Crippen molar-refractivity contribution >= 4 is 5.91 Å². The van der Waals surface area contributed by atoms with Crippen LogP contribution < -0.4 is 5.32 Å². The molecule has 3 rings (SSSR count). The van der Waals surface area contributed by atoms with Crippen LogP contribution in [0.3, 0.4) is 0 Å². The first-order valence-electron chi connectivity index (χ1n) is 9.26. The number of carbonyl (C=O) groups excluding carboxylic acids is 1. The summed E-state index contributed by atoms with van der Waals surface area (Å²) in [6, 6.07) is 7.92. The maximum Gasteiger partial charge on any atom is 0.251 e. The van der Waals surface area contributed by atoms with Gasteiger partial charge in [-0.3, -0.25) is 4.79 Å². The third kappa shape index (κ3) is 3.97. The highest BCUT2D eigenvalue weighted by atomic mass is 19.1. The number of hydrogen-bond acceptors (Lipinski definition) is 3. The fourth-order valence-electron chi connectivity index (χ4n) is 3.68. The van der Waals surface area contributed by atoms with E-state index in [1.54, 1.807) is 12.1 Å². The molecule has 26 heavy (non-hydrogen) atoms. The SMILES string of the molecule is CC(C)Cc1cc(C[C@@H]2C[C@H](NC(=O)c3cccc(F)c3)C2(C)C)no1. The Kier molecular flexibility index (Phi) is 5.17. The number of nitrogens with zero attached hydrogens (tertiary/aromatic N) is 1. The van der Waals surface area contributed by atoms with Crippen LogP contribution in [0, 0.1) is 23.1 Å².